The average molecular weight is 293 g/mol. The third-order valence-corrected chi connectivity index (χ3v) is 3.50. The van der Waals surface area contributed by atoms with Gasteiger partial charge in [-0.3, -0.25) is 9.59 Å². The van der Waals surface area contributed by atoms with Crippen molar-refractivity contribution in [3.8, 4) is 0 Å². The monoisotopic (exact) mass is 293 g/mol. The minimum Gasteiger partial charge on any atom is -0.467 e. The number of hydrogen-bond donors (Lipinski definition) is 1. The number of aromatic nitrogens is 2. The molecule has 7 nitrogen and oxygen atoms in total. The van der Waals surface area contributed by atoms with Crippen molar-refractivity contribution in [3.63, 3.8) is 0 Å². The molecule has 0 saturated carbocycles. The number of nitrogens with zero attached hydrogens (tertiary/aromatic N) is 2. The van der Waals surface area contributed by atoms with E-state index < -0.39 is 17.9 Å². The van der Waals surface area contributed by atoms with Gasteiger partial charge in [-0.05, 0) is 38.2 Å². The fourth-order valence-electron chi connectivity index (χ4n) is 2.37. The molecule has 0 fully saturated rings. The van der Waals surface area contributed by atoms with Crippen LogP contribution in [0.5, 0.6) is 0 Å². The molecule has 0 spiro atoms. The lowest BCUT2D eigenvalue weighted by atomic mass is 9.97. The fraction of sp³-hybridized carbons (Fsp3) is 0.571. The molecule has 21 heavy (non-hydrogen) atoms. The maximum Gasteiger partial charge on any atom is 0.328 e. The zero-order chi connectivity index (χ0) is 15.4. The van der Waals surface area contributed by atoms with E-state index in [1.165, 1.54) is 14.0 Å². The lowest BCUT2D eigenvalue weighted by molar-refractivity contribution is -0.144. The normalized spacial score (nSPS) is 15.0. The summed E-state index contributed by atoms with van der Waals surface area (Å²) in [6.07, 6.45) is 3.80. The van der Waals surface area contributed by atoms with Crippen molar-refractivity contribution >= 4 is 11.9 Å². The van der Waals surface area contributed by atoms with E-state index in [0.717, 1.165) is 41.6 Å². The Kier molecular flexibility index (Phi) is 4.72. The Morgan fingerprint density at radius 1 is 1.43 bits per heavy atom. The molecule has 1 aliphatic rings. The second kappa shape index (κ2) is 6.51. The molecule has 114 valence electrons. The first kappa shape index (κ1) is 15.2. The summed E-state index contributed by atoms with van der Waals surface area (Å²) in [5.74, 6) is -0.979. The molecule has 1 aromatic rings. The van der Waals surface area contributed by atoms with Gasteiger partial charge in [-0.1, -0.05) is 0 Å². The van der Waals surface area contributed by atoms with Gasteiger partial charge in [-0.15, -0.1) is 0 Å². The van der Waals surface area contributed by atoms with Gasteiger partial charge in [0.05, 0.1) is 12.8 Å². The van der Waals surface area contributed by atoms with E-state index in [1.54, 1.807) is 6.07 Å². The molecule has 0 radical (unpaired) electrons. The van der Waals surface area contributed by atoms with E-state index in [9.17, 15) is 14.4 Å². The smallest absolute Gasteiger partial charge is 0.328 e. The molecular formula is C14H19N3O4. The van der Waals surface area contributed by atoms with Crippen molar-refractivity contribution in [2.45, 2.75) is 45.2 Å². The summed E-state index contributed by atoms with van der Waals surface area (Å²) in [5.41, 5.74) is 1.57. The van der Waals surface area contributed by atoms with Crippen molar-refractivity contribution in [2.24, 2.45) is 0 Å². The summed E-state index contributed by atoms with van der Waals surface area (Å²) < 4.78 is 5.67. The standard InChI is InChI=1S/C14H19N3O4/c1-9(14(20)21-2)15-12(18)8-17-13(19)7-10-5-3-4-6-11(10)16-17/h7,9H,3-6,8H2,1-2H3,(H,15,18)/t9-/m1/s1. The van der Waals surface area contributed by atoms with E-state index in [2.05, 4.69) is 15.2 Å². The van der Waals surface area contributed by atoms with Crippen LogP contribution in [0.1, 0.15) is 31.0 Å². The van der Waals surface area contributed by atoms with Crippen molar-refractivity contribution in [1.29, 1.82) is 0 Å². The van der Waals surface area contributed by atoms with Crippen LogP contribution in [0.3, 0.4) is 0 Å². The highest BCUT2D eigenvalue weighted by atomic mass is 16.5. The third kappa shape index (κ3) is 3.68. The highest BCUT2D eigenvalue weighted by Gasteiger charge is 2.18. The third-order valence-electron chi connectivity index (χ3n) is 3.50. The Morgan fingerprint density at radius 3 is 2.86 bits per heavy atom. The number of ether oxygens (including phenoxy) is 1. The molecule has 1 aliphatic carbocycles. The van der Waals surface area contributed by atoms with Gasteiger partial charge >= 0.3 is 5.97 Å². The maximum atomic E-state index is 11.9. The summed E-state index contributed by atoms with van der Waals surface area (Å²) in [5, 5.41) is 6.73. The fourth-order valence-corrected chi connectivity index (χ4v) is 2.37. The molecule has 0 saturated heterocycles. The van der Waals surface area contributed by atoms with E-state index in [-0.39, 0.29) is 12.1 Å². The number of nitrogens with one attached hydrogen (secondary N) is 1. The van der Waals surface area contributed by atoms with Crippen LogP contribution in [-0.2, 0) is 33.7 Å². The summed E-state index contributed by atoms with van der Waals surface area (Å²) in [7, 11) is 1.25. The molecule has 1 atom stereocenters. The van der Waals surface area contributed by atoms with Crippen LogP contribution in [0.25, 0.3) is 0 Å². The summed E-state index contributed by atoms with van der Waals surface area (Å²) in [4.78, 5) is 35.0. The molecule has 0 aliphatic heterocycles. The van der Waals surface area contributed by atoms with Gasteiger partial charge in [0.2, 0.25) is 5.91 Å². The first-order chi connectivity index (χ1) is 10.0. The van der Waals surface area contributed by atoms with Crippen LogP contribution in [0.2, 0.25) is 0 Å². The predicted molar refractivity (Wildman–Crippen MR) is 74.8 cm³/mol. The number of carbonyl (C=O) groups is 2. The van der Waals surface area contributed by atoms with E-state index in [1.807, 2.05) is 0 Å². The van der Waals surface area contributed by atoms with Gasteiger partial charge < -0.3 is 10.1 Å². The van der Waals surface area contributed by atoms with Crippen LogP contribution in [0.15, 0.2) is 10.9 Å². The highest BCUT2D eigenvalue weighted by molar-refractivity contribution is 5.83. The Bertz CT molecular complexity index is 609. The number of methoxy groups -OCH3 is 1. The molecule has 2 rings (SSSR count). The van der Waals surface area contributed by atoms with Crippen LogP contribution >= 0.6 is 0 Å². The van der Waals surface area contributed by atoms with Crippen molar-refractivity contribution < 1.29 is 14.3 Å². The van der Waals surface area contributed by atoms with E-state index in [0.29, 0.717) is 0 Å². The van der Waals surface area contributed by atoms with Crippen molar-refractivity contribution in [1.82, 2.24) is 15.1 Å². The molecule has 0 unspecified atom stereocenters. The number of fused-ring (bicyclic) bond motifs is 1. The lowest BCUT2D eigenvalue weighted by Gasteiger charge is -2.16. The van der Waals surface area contributed by atoms with Crippen LogP contribution in [0.4, 0.5) is 0 Å². The number of rotatable bonds is 4. The zero-order valence-electron chi connectivity index (χ0n) is 12.2. The number of carbonyl (C=O) groups excluding carboxylic acids is 2. The van der Waals surface area contributed by atoms with Gasteiger partial charge in [-0.2, -0.15) is 5.10 Å². The SMILES string of the molecule is COC(=O)[C@@H](C)NC(=O)Cn1nc2c(cc1=O)CCCC2. The second-order valence-electron chi connectivity index (χ2n) is 5.13. The van der Waals surface area contributed by atoms with Gasteiger partial charge in [0, 0.05) is 6.07 Å². The maximum absolute atomic E-state index is 11.9. The minimum absolute atomic E-state index is 0.201. The Morgan fingerprint density at radius 2 is 2.14 bits per heavy atom. The molecule has 7 heteroatoms. The van der Waals surface area contributed by atoms with Gasteiger partial charge in [-0.25, -0.2) is 9.48 Å². The molecule has 1 aromatic heterocycles. The van der Waals surface area contributed by atoms with E-state index >= 15 is 0 Å². The second-order valence-corrected chi connectivity index (χ2v) is 5.13. The molecule has 0 aromatic carbocycles. The number of amides is 1. The molecular weight excluding hydrogens is 274 g/mol. The van der Waals surface area contributed by atoms with Gasteiger partial charge in [0.15, 0.2) is 0 Å². The Hall–Kier alpha value is -2.18. The average Bonchev–Trinajstić information content (AvgIpc) is 2.47. The lowest BCUT2D eigenvalue weighted by Crippen LogP contribution is -2.42. The minimum atomic E-state index is -0.754. The predicted octanol–water partition coefficient (Wildman–Crippen LogP) is -0.200. The highest BCUT2D eigenvalue weighted by Crippen LogP contribution is 2.16. The largest absolute Gasteiger partial charge is 0.467 e. The Balaban J connectivity index is 2.07. The molecule has 1 N–H and O–H groups in total. The quantitative estimate of drug-likeness (QED) is 0.776. The summed E-state index contributed by atoms with van der Waals surface area (Å²) >= 11 is 0. The number of esters is 1. The van der Waals surface area contributed by atoms with E-state index in [4.69, 9.17) is 0 Å². The van der Waals surface area contributed by atoms with Gasteiger partial charge in [0.25, 0.3) is 5.56 Å². The first-order valence-corrected chi connectivity index (χ1v) is 6.98. The van der Waals surface area contributed by atoms with Crippen LogP contribution in [0, 0.1) is 0 Å². The topological polar surface area (TPSA) is 90.3 Å². The van der Waals surface area contributed by atoms with Crippen molar-refractivity contribution in [2.75, 3.05) is 7.11 Å². The molecule has 0 bridgehead atoms. The molecule has 1 heterocycles. The summed E-state index contributed by atoms with van der Waals surface area (Å²) in [6, 6.07) is 0.800. The van der Waals surface area contributed by atoms with Crippen molar-refractivity contribution in [3.05, 3.63) is 27.7 Å². The van der Waals surface area contributed by atoms with Crippen LogP contribution < -0.4 is 10.9 Å². The Labute approximate surface area is 122 Å². The van der Waals surface area contributed by atoms with Crippen LogP contribution in [-0.4, -0.2) is 34.8 Å². The number of hydrogen-bond acceptors (Lipinski definition) is 5. The first-order valence-electron chi connectivity index (χ1n) is 6.98. The summed E-state index contributed by atoms with van der Waals surface area (Å²) in [6.45, 7) is 1.32. The molecule has 1 amide bonds. The zero-order valence-corrected chi connectivity index (χ0v) is 12.2. The van der Waals surface area contributed by atoms with Gasteiger partial charge in [0.1, 0.15) is 12.6 Å². The number of aryl methyl sites for hydroxylation is 2.